The number of carbonyl (C=O) groups is 2. The number of amides is 2. The van der Waals surface area contributed by atoms with Crippen LogP contribution in [0.1, 0.15) is 58.9 Å². The number of hydrogen-bond acceptors (Lipinski definition) is 6. The number of nitrogens with zero attached hydrogens (tertiary/aromatic N) is 5. The first-order valence-electron chi connectivity index (χ1n) is 8.72. The molecule has 1 aromatic heterocycles. The Morgan fingerprint density at radius 3 is 2.60 bits per heavy atom. The predicted octanol–water partition coefficient (Wildman–Crippen LogP) is 1.64. The van der Waals surface area contributed by atoms with Gasteiger partial charge in [-0.3, -0.25) is 9.59 Å². The van der Waals surface area contributed by atoms with Crippen LogP contribution in [0.5, 0.6) is 0 Å². The van der Waals surface area contributed by atoms with Crippen molar-refractivity contribution in [2.75, 3.05) is 19.3 Å². The maximum absolute atomic E-state index is 12.3. The van der Waals surface area contributed by atoms with Crippen molar-refractivity contribution in [1.29, 1.82) is 0 Å². The molecule has 0 unspecified atom stereocenters. The molecule has 9 heteroatoms. The highest BCUT2D eigenvalue weighted by Gasteiger charge is 2.22. The third-order valence-electron chi connectivity index (χ3n) is 4.03. The number of nitrogens with one attached hydrogen (secondary N) is 1. The molecule has 0 aromatic carbocycles. The van der Waals surface area contributed by atoms with Gasteiger partial charge in [-0.2, -0.15) is 0 Å². The van der Waals surface area contributed by atoms with Crippen LogP contribution in [-0.2, 0) is 9.59 Å². The Morgan fingerprint density at radius 1 is 1.28 bits per heavy atom. The average Bonchev–Trinajstić information content (AvgIpc) is 3.00. The molecule has 0 saturated heterocycles. The molecule has 0 aliphatic heterocycles. The van der Waals surface area contributed by atoms with Crippen LogP contribution in [0.2, 0.25) is 0 Å². The lowest BCUT2D eigenvalue weighted by molar-refractivity contribution is -0.133. The van der Waals surface area contributed by atoms with Crippen molar-refractivity contribution < 1.29 is 9.59 Å². The Bertz CT molecular complexity index is 592. The van der Waals surface area contributed by atoms with Gasteiger partial charge in [0.2, 0.25) is 17.0 Å². The molecule has 0 bridgehead atoms. The number of carbonyl (C=O) groups excluding carboxylic acids is 2. The molecule has 1 aliphatic carbocycles. The predicted molar refractivity (Wildman–Crippen MR) is 96.2 cm³/mol. The second kappa shape index (κ2) is 8.64. The zero-order chi connectivity index (χ0) is 18.4. The molecule has 2 amide bonds. The topological polar surface area (TPSA) is 93.0 Å². The summed E-state index contributed by atoms with van der Waals surface area (Å²) in [5, 5.41) is 15.4. The van der Waals surface area contributed by atoms with Crippen molar-refractivity contribution in [2.24, 2.45) is 0 Å². The van der Waals surface area contributed by atoms with Gasteiger partial charge in [0.25, 0.3) is 0 Å². The Balaban J connectivity index is 1.83. The minimum atomic E-state index is -0.308. The summed E-state index contributed by atoms with van der Waals surface area (Å²) in [5.74, 6) is -0.0699. The number of likely N-dealkylation sites (N-methyl/N-ethyl adjacent to an activating group) is 1. The average molecular weight is 369 g/mol. The van der Waals surface area contributed by atoms with E-state index in [4.69, 9.17) is 0 Å². The highest BCUT2D eigenvalue weighted by molar-refractivity contribution is 7.99. The van der Waals surface area contributed by atoms with Crippen molar-refractivity contribution >= 4 is 23.6 Å². The smallest absolute Gasteiger partial charge is 0.240 e. The second-order valence-corrected chi connectivity index (χ2v) is 8.48. The Kier molecular flexibility index (Phi) is 6.80. The molecule has 0 radical (unpaired) electrons. The highest BCUT2D eigenvalue weighted by atomic mass is 32.2. The van der Waals surface area contributed by atoms with Gasteiger partial charge in [0, 0.05) is 12.6 Å². The summed E-state index contributed by atoms with van der Waals surface area (Å²) in [5.41, 5.74) is -0.308. The molecule has 0 atom stereocenters. The Morgan fingerprint density at radius 2 is 1.96 bits per heavy atom. The minimum Gasteiger partial charge on any atom is -0.350 e. The van der Waals surface area contributed by atoms with Gasteiger partial charge in [0.15, 0.2) is 0 Å². The van der Waals surface area contributed by atoms with Crippen LogP contribution in [0.3, 0.4) is 0 Å². The normalized spacial score (nSPS) is 15.8. The summed E-state index contributed by atoms with van der Waals surface area (Å²) in [6.45, 7) is 5.78. The molecule has 8 nitrogen and oxygen atoms in total. The SMILES string of the molecule is CN(CC(=O)NC(C)(C)C)C(=O)CSc1nnnn1C1CCCCC1. The molecule has 1 aliphatic rings. The molecule has 1 aromatic rings. The third-order valence-corrected chi connectivity index (χ3v) is 4.95. The van der Waals surface area contributed by atoms with E-state index in [0.29, 0.717) is 11.2 Å². The zero-order valence-electron chi connectivity index (χ0n) is 15.5. The molecule has 1 saturated carbocycles. The standard InChI is InChI=1S/C16H28N6O2S/c1-16(2,3)17-13(23)10-21(4)14(24)11-25-15-18-19-20-22(15)12-8-6-5-7-9-12/h12H,5-11H2,1-4H3,(H,17,23). The fourth-order valence-electron chi connectivity index (χ4n) is 2.83. The third kappa shape index (κ3) is 6.30. The minimum absolute atomic E-state index is 0.0459. The van der Waals surface area contributed by atoms with E-state index in [1.54, 1.807) is 7.05 Å². The second-order valence-electron chi connectivity index (χ2n) is 7.53. The highest BCUT2D eigenvalue weighted by Crippen LogP contribution is 2.30. The van der Waals surface area contributed by atoms with E-state index >= 15 is 0 Å². The zero-order valence-corrected chi connectivity index (χ0v) is 16.3. The van der Waals surface area contributed by atoms with Crippen molar-refractivity contribution in [1.82, 2.24) is 30.4 Å². The summed E-state index contributed by atoms with van der Waals surface area (Å²) in [7, 11) is 1.63. The van der Waals surface area contributed by atoms with Crippen LogP contribution >= 0.6 is 11.8 Å². The summed E-state index contributed by atoms with van der Waals surface area (Å²) in [6.07, 6.45) is 5.82. The van der Waals surface area contributed by atoms with E-state index in [9.17, 15) is 9.59 Å². The van der Waals surface area contributed by atoms with E-state index < -0.39 is 0 Å². The molecule has 1 fully saturated rings. The van der Waals surface area contributed by atoms with Crippen LogP contribution in [0, 0.1) is 0 Å². The van der Waals surface area contributed by atoms with Crippen LogP contribution < -0.4 is 5.32 Å². The molecule has 25 heavy (non-hydrogen) atoms. The summed E-state index contributed by atoms with van der Waals surface area (Å²) < 4.78 is 1.85. The molecular weight excluding hydrogens is 340 g/mol. The van der Waals surface area contributed by atoms with Gasteiger partial charge in [-0.1, -0.05) is 31.0 Å². The first-order chi connectivity index (χ1) is 11.8. The number of thioether (sulfide) groups is 1. The van der Waals surface area contributed by atoms with E-state index in [2.05, 4.69) is 20.8 Å². The lowest BCUT2D eigenvalue weighted by Crippen LogP contribution is -2.46. The fraction of sp³-hybridized carbons (Fsp3) is 0.812. The quantitative estimate of drug-likeness (QED) is 0.768. The number of aromatic nitrogens is 4. The van der Waals surface area contributed by atoms with Gasteiger partial charge in [0.1, 0.15) is 0 Å². The van der Waals surface area contributed by atoms with Crippen molar-refractivity contribution in [3.05, 3.63) is 0 Å². The lowest BCUT2D eigenvalue weighted by atomic mass is 9.96. The Labute approximate surface area is 153 Å². The van der Waals surface area contributed by atoms with Gasteiger partial charge >= 0.3 is 0 Å². The molecule has 1 heterocycles. The van der Waals surface area contributed by atoms with Crippen LogP contribution in [0.25, 0.3) is 0 Å². The van der Waals surface area contributed by atoms with Gasteiger partial charge in [-0.25, -0.2) is 4.68 Å². The van der Waals surface area contributed by atoms with Gasteiger partial charge in [-0.05, 0) is 44.0 Å². The maximum atomic E-state index is 12.3. The van der Waals surface area contributed by atoms with Gasteiger partial charge in [-0.15, -0.1) is 5.10 Å². The van der Waals surface area contributed by atoms with E-state index in [1.807, 2.05) is 25.5 Å². The van der Waals surface area contributed by atoms with E-state index in [0.717, 1.165) is 12.8 Å². The van der Waals surface area contributed by atoms with Crippen LogP contribution in [0.4, 0.5) is 0 Å². The first kappa shape index (κ1) is 19.7. The van der Waals surface area contributed by atoms with Crippen molar-refractivity contribution in [3.63, 3.8) is 0 Å². The summed E-state index contributed by atoms with van der Waals surface area (Å²) >= 11 is 1.33. The molecule has 2 rings (SSSR count). The molecule has 140 valence electrons. The van der Waals surface area contributed by atoms with E-state index in [1.165, 1.54) is 35.9 Å². The fourth-order valence-corrected chi connectivity index (χ4v) is 3.72. The lowest BCUT2D eigenvalue weighted by Gasteiger charge is -2.23. The van der Waals surface area contributed by atoms with E-state index in [-0.39, 0.29) is 29.7 Å². The van der Waals surface area contributed by atoms with Crippen LogP contribution in [-0.4, -0.2) is 61.8 Å². The summed E-state index contributed by atoms with van der Waals surface area (Å²) in [4.78, 5) is 25.6. The maximum Gasteiger partial charge on any atom is 0.240 e. The monoisotopic (exact) mass is 368 g/mol. The van der Waals surface area contributed by atoms with Crippen LogP contribution in [0.15, 0.2) is 5.16 Å². The largest absolute Gasteiger partial charge is 0.350 e. The van der Waals surface area contributed by atoms with Crippen molar-refractivity contribution in [2.45, 2.75) is 69.6 Å². The first-order valence-corrected chi connectivity index (χ1v) is 9.70. The molecule has 0 spiro atoms. The molecule has 1 N–H and O–H groups in total. The number of hydrogen-bond donors (Lipinski definition) is 1. The number of rotatable bonds is 6. The molecular formula is C16H28N6O2S. The van der Waals surface area contributed by atoms with Crippen molar-refractivity contribution in [3.8, 4) is 0 Å². The summed E-state index contributed by atoms with van der Waals surface area (Å²) in [6, 6.07) is 0.330. The number of tetrazole rings is 1. The Hall–Kier alpha value is -1.64. The van der Waals surface area contributed by atoms with Gasteiger partial charge < -0.3 is 10.2 Å². The van der Waals surface area contributed by atoms with Gasteiger partial charge in [0.05, 0.1) is 18.3 Å².